The first-order chi connectivity index (χ1) is 11.6. The van der Waals surface area contributed by atoms with E-state index in [2.05, 4.69) is 0 Å². The Morgan fingerprint density at radius 2 is 1.79 bits per heavy atom. The smallest absolute Gasteiger partial charge is 0.292 e. The summed E-state index contributed by atoms with van der Waals surface area (Å²) >= 11 is 5.86. The number of benzene rings is 2. The molecule has 24 heavy (non-hydrogen) atoms. The van der Waals surface area contributed by atoms with Gasteiger partial charge in [0.25, 0.3) is 5.91 Å². The maximum atomic E-state index is 12.5. The number of quaternary nitrogens is 1. The molecule has 1 saturated heterocycles. The Morgan fingerprint density at radius 3 is 2.42 bits per heavy atom. The molecule has 0 spiro atoms. The number of halogens is 1. The van der Waals surface area contributed by atoms with Crippen LogP contribution in [0.25, 0.3) is 0 Å². The largest absolute Gasteiger partial charge is 0.497 e. The summed E-state index contributed by atoms with van der Waals surface area (Å²) in [6, 6.07) is 14.0. The van der Waals surface area contributed by atoms with Crippen LogP contribution in [0.2, 0.25) is 5.02 Å². The minimum absolute atomic E-state index is 0.182. The number of amides is 2. The number of carbonyl (C=O) groups is 2. The summed E-state index contributed by atoms with van der Waals surface area (Å²) in [5, 5.41) is 2.47. The van der Waals surface area contributed by atoms with E-state index >= 15 is 0 Å². The summed E-state index contributed by atoms with van der Waals surface area (Å²) in [6.45, 7) is 0.627. The summed E-state index contributed by atoms with van der Waals surface area (Å²) in [7, 11) is 1.62. The van der Waals surface area contributed by atoms with E-state index in [0.29, 0.717) is 17.3 Å². The zero-order valence-electron chi connectivity index (χ0n) is 13.2. The van der Waals surface area contributed by atoms with Crippen molar-refractivity contribution < 1.29 is 19.6 Å². The van der Waals surface area contributed by atoms with Crippen molar-refractivity contribution >= 4 is 29.1 Å². The Balaban J connectivity index is 1.66. The second-order valence-corrected chi connectivity index (χ2v) is 6.08. The molecule has 0 aromatic heterocycles. The zero-order valence-corrected chi connectivity index (χ0v) is 14.0. The first-order valence-electron chi connectivity index (χ1n) is 7.67. The molecule has 2 N–H and O–H groups in total. The minimum Gasteiger partial charge on any atom is -0.497 e. The van der Waals surface area contributed by atoms with Crippen LogP contribution >= 0.6 is 11.6 Å². The summed E-state index contributed by atoms with van der Waals surface area (Å²) in [6.07, 6.45) is 0.206. The molecular weight excluding hydrogens is 328 g/mol. The van der Waals surface area contributed by atoms with Crippen LogP contribution in [-0.2, 0) is 16.1 Å². The van der Waals surface area contributed by atoms with Crippen molar-refractivity contribution in [1.29, 1.82) is 0 Å². The van der Waals surface area contributed by atoms with Gasteiger partial charge in [0.1, 0.15) is 12.3 Å². The summed E-state index contributed by atoms with van der Waals surface area (Å²) < 4.78 is 5.12. The highest BCUT2D eigenvalue weighted by Crippen LogP contribution is 2.23. The van der Waals surface area contributed by atoms with Crippen LogP contribution in [0, 0.1) is 0 Å². The summed E-state index contributed by atoms with van der Waals surface area (Å²) in [4.78, 5) is 26.0. The van der Waals surface area contributed by atoms with E-state index in [-0.39, 0.29) is 18.2 Å². The first-order valence-corrected chi connectivity index (χ1v) is 8.05. The number of imide groups is 1. The third kappa shape index (κ3) is 3.42. The van der Waals surface area contributed by atoms with E-state index in [0.717, 1.165) is 11.3 Å². The molecule has 1 atom stereocenters. The van der Waals surface area contributed by atoms with Gasteiger partial charge < -0.3 is 10.1 Å². The highest BCUT2D eigenvalue weighted by atomic mass is 35.5. The molecule has 3 rings (SSSR count). The number of hydrogen-bond donors (Lipinski definition) is 1. The Hall–Kier alpha value is -2.37. The highest BCUT2D eigenvalue weighted by molar-refractivity contribution is 6.30. The molecule has 5 nitrogen and oxygen atoms in total. The normalized spacial score (nSPS) is 17.4. The fraction of sp³-hybridized carbons (Fsp3) is 0.222. The lowest BCUT2D eigenvalue weighted by atomic mass is 10.2. The van der Waals surface area contributed by atoms with Crippen LogP contribution in [0.1, 0.15) is 12.0 Å². The number of nitrogens with two attached hydrogens (primary N) is 1. The van der Waals surface area contributed by atoms with Crippen LogP contribution in [0.15, 0.2) is 48.5 Å². The van der Waals surface area contributed by atoms with Crippen LogP contribution in [-0.4, -0.2) is 25.0 Å². The molecule has 0 saturated carbocycles. The van der Waals surface area contributed by atoms with Gasteiger partial charge in [-0.05, 0) is 48.5 Å². The van der Waals surface area contributed by atoms with Gasteiger partial charge >= 0.3 is 0 Å². The van der Waals surface area contributed by atoms with E-state index in [1.807, 2.05) is 29.6 Å². The monoisotopic (exact) mass is 345 g/mol. The molecule has 2 aromatic carbocycles. The van der Waals surface area contributed by atoms with E-state index in [9.17, 15) is 9.59 Å². The number of rotatable bonds is 5. The van der Waals surface area contributed by atoms with Crippen molar-refractivity contribution in [3.05, 3.63) is 59.1 Å². The fourth-order valence-corrected chi connectivity index (χ4v) is 2.87. The lowest BCUT2D eigenvalue weighted by Gasteiger charge is -2.14. The van der Waals surface area contributed by atoms with Crippen LogP contribution in [0.4, 0.5) is 5.69 Å². The molecule has 1 aliphatic rings. The van der Waals surface area contributed by atoms with Crippen LogP contribution in [0.5, 0.6) is 5.75 Å². The highest BCUT2D eigenvalue weighted by Gasteiger charge is 2.42. The standard InChI is InChI=1S/C18H17ClN2O3/c1-24-15-8-2-12(3-9-15)11-20-16-10-17(22)21(18(16)23)14-6-4-13(19)5-7-14/h2-9,16,20H,10-11H2,1H3/p+1/t16-/m0/s1. The Kier molecular flexibility index (Phi) is 4.83. The average Bonchev–Trinajstić information content (AvgIpc) is 2.88. The van der Waals surface area contributed by atoms with Gasteiger partial charge in [-0.3, -0.25) is 9.59 Å². The van der Waals surface area contributed by atoms with Crippen molar-refractivity contribution in [1.82, 2.24) is 0 Å². The third-order valence-electron chi connectivity index (χ3n) is 4.06. The van der Waals surface area contributed by atoms with E-state index < -0.39 is 6.04 Å². The van der Waals surface area contributed by atoms with Gasteiger partial charge in [0.05, 0.1) is 19.2 Å². The molecule has 0 unspecified atom stereocenters. The van der Waals surface area contributed by atoms with Crippen LogP contribution in [0.3, 0.4) is 0 Å². The lowest BCUT2D eigenvalue weighted by Crippen LogP contribution is -2.90. The molecule has 0 aliphatic carbocycles. The molecule has 1 heterocycles. The van der Waals surface area contributed by atoms with Gasteiger partial charge in [0, 0.05) is 10.6 Å². The number of hydrogen-bond acceptors (Lipinski definition) is 3. The average molecular weight is 346 g/mol. The molecule has 0 radical (unpaired) electrons. The van der Waals surface area contributed by atoms with Gasteiger partial charge in [-0.1, -0.05) is 11.6 Å². The van der Waals surface area contributed by atoms with E-state index in [1.165, 1.54) is 4.90 Å². The van der Waals surface area contributed by atoms with Gasteiger partial charge in [-0.15, -0.1) is 0 Å². The predicted octanol–water partition coefficient (Wildman–Crippen LogP) is 1.74. The maximum absolute atomic E-state index is 12.5. The first kappa shape index (κ1) is 16.5. The Bertz CT molecular complexity index is 744. The number of anilines is 1. The summed E-state index contributed by atoms with van der Waals surface area (Å²) in [5.41, 5.74) is 1.63. The van der Waals surface area contributed by atoms with Gasteiger partial charge in [0.15, 0.2) is 6.04 Å². The second-order valence-electron chi connectivity index (χ2n) is 5.64. The number of methoxy groups -OCH3 is 1. The molecule has 2 aromatic rings. The SMILES string of the molecule is COc1ccc(C[NH2+][C@H]2CC(=O)N(c3ccc(Cl)cc3)C2=O)cc1. The molecule has 1 fully saturated rings. The molecule has 2 amide bonds. The van der Waals surface area contributed by atoms with E-state index in [4.69, 9.17) is 16.3 Å². The second kappa shape index (κ2) is 7.03. The predicted molar refractivity (Wildman–Crippen MR) is 91.0 cm³/mol. The Morgan fingerprint density at radius 1 is 1.12 bits per heavy atom. The summed E-state index contributed by atoms with van der Waals surface area (Å²) in [5.74, 6) is 0.425. The van der Waals surface area contributed by atoms with E-state index in [1.54, 1.807) is 31.4 Å². The molecule has 124 valence electrons. The molecule has 0 bridgehead atoms. The molecule has 1 aliphatic heterocycles. The topological polar surface area (TPSA) is 63.2 Å². The van der Waals surface area contributed by atoms with Crippen molar-refractivity contribution in [3.8, 4) is 5.75 Å². The van der Waals surface area contributed by atoms with Gasteiger partial charge in [0.2, 0.25) is 5.91 Å². The van der Waals surface area contributed by atoms with Gasteiger partial charge in [-0.25, -0.2) is 4.90 Å². The molecular formula is C18H18ClN2O3+. The fourth-order valence-electron chi connectivity index (χ4n) is 2.74. The maximum Gasteiger partial charge on any atom is 0.292 e. The van der Waals surface area contributed by atoms with Crippen molar-refractivity contribution in [2.45, 2.75) is 19.0 Å². The van der Waals surface area contributed by atoms with Gasteiger partial charge in [-0.2, -0.15) is 0 Å². The molecule has 6 heteroatoms. The lowest BCUT2D eigenvalue weighted by molar-refractivity contribution is -0.690. The van der Waals surface area contributed by atoms with Crippen LogP contribution < -0.4 is 15.0 Å². The van der Waals surface area contributed by atoms with Crippen molar-refractivity contribution in [3.63, 3.8) is 0 Å². The zero-order chi connectivity index (χ0) is 17.1. The minimum atomic E-state index is -0.393. The third-order valence-corrected chi connectivity index (χ3v) is 4.32. The van der Waals surface area contributed by atoms with Crippen molar-refractivity contribution in [2.75, 3.05) is 12.0 Å². The number of ether oxygens (including phenoxy) is 1. The quantitative estimate of drug-likeness (QED) is 0.840. The number of carbonyl (C=O) groups excluding carboxylic acids is 2. The van der Waals surface area contributed by atoms with Crippen molar-refractivity contribution in [2.24, 2.45) is 0 Å². The Labute approximate surface area is 145 Å². The number of nitrogens with zero attached hydrogens (tertiary/aromatic N) is 1.